The van der Waals surface area contributed by atoms with Crippen molar-refractivity contribution in [3.05, 3.63) is 59.7 Å². The van der Waals surface area contributed by atoms with E-state index in [-0.39, 0.29) is 25.0 Å². The molecule has 0 radical (unpaired) electrons. The molecule has 2 unspecified atom stereocenters. The van der Waals surface area contributed by atoms with Crippen LogP contribution < -0.4 is 33.8 Å². The smallest absolute Gasteiger partial charge is 0.547 e. The third-order valence-electron chi connectivity index (χ3n) is 6.54. The molecule has 2 aliphatic heterocycles. The van der Waals surface area contributed by atoms with Gasteiger partial charge in [-0.25, -0.2) is 4.79 Å². The number of ether oxygens (including phenoxy) is 5. The molecule has 38 heavy (non-hydrogen) atoms. The number of esters is 1. The molecule has 4 rings (SSSR count). The second-order valence-corrected chi connectivity index (χ2v) is 8.79. The Morgan fingerprint density at radius 2 is 1.18 bits per heavy atom. The third-order valence-corrected chi connectivity index (χ3v) is 6.54. The Morgan fingerprint density at radius 1 is 0.763 bits per heavy atom. The van der Waals surface area contributed by atoms with Crippen molar-refractivity contribution >= 4 is 23.3 Å². The van der Waals surface area contributed by atoms with Gasteiger partial charge in [-0.15, -0.1) is 0 Å². The average Bonchev–Trinajstić information content (AvgIpc) is 2.84. The van der Waals surface area contributed by atoms with Gasteiger partial charge in [0.25, 0.3) is 0 Å². The number of aliphatic carboxylic acids is 1. The van der Waals surface area contributed by atoms with Crippen molar-refractivity contribution in [3.8, 4) is 0 Å². The normalized spacial score (nSPS) is 16.7. The predicted molar refractivity (Wildman–Crippen MR) is 135 cm³/mol. The van der Waals surface area contributed by atoms with Crippen LogP contribution in [0.25, 0.3) is 0 Å². The maximum atomic E-state index is 11.6. The van der Waals surface area contributed by atoms with Gasteiger partial charge in [0.05, 0.1) is 25.3 Å². The van der Waals surface area contributed by atoms with Crippen LogP contribution in [-0.4, -0.2) is 85.9 Å². The Kier molecular flexibility index (Phi) is 12.6. The van der Waals surface area contributed by atoms with E-state index >= 15 is 0 Å². The van der Waals surface area contributed by atoms with Gasteiger partial charge < -0.3 is 43.4 Å². The Labute approximate surface area is 235 Å². The summed E-state index contributed by atoms with van der Waals surface area (Å²) in [5.41, 5.74) is 3.43. The number of carbonyl (C=O) groups excluding carboxylic acids is 2. The zero-order chi connectivity index (χ0) is 26.9. The van der Waals surface area contributed by atoms with Crippen molar-refractivity contribution < 1.29 is 57.2 Å². The van der Waals surface area contributed by atoms with Crippen molar-refractivity contribution in [2.45, 2.75) is 24.4 Å². The summed E-state index contributed by atoms with van der Waals surface area (Å²) in [5.74, 6) is -1.62. The third kappa shape index (κ3) is 7.73. The molecule has 2 aromatic rings. The number of rotatable bonds is 10. The van der Waals surface area contributed by atoms with Gasteiger partial charge in [-0.2, -0.15) is 0 Å². The molecule has 0 spiro atoms. The maximum absolute atomic E-state index is 11.6. The zero-order valence-corrected chi connectivity index (χ0v) is 22.9. The number of carbonyl (C=O) groups is 2. The van der Waals surface area contributed by atoms with E-state index in [4.69, 9.17) is 23.7 Å². The molecule has 2 saturated heterocycles. The van der Waals surface area contributed by atoms with Crippen LogP contribution in [0.3, 0.4) is 0 Å². The van der Waals surface area contributed by atoms with E-state index in [0.717, 1.165) is 43.1 Å². The summed E-state index contributed by atoms with van der Waals surface area (Å²) in [5, 5.41) is 10.9. The molecule has 2 aliphatic rings. The van der Waals surface area contributed by atoms with Crippen molar-refractivity contribution in [1.29, 1.82) is 0 Å². The predicted octanol–water partition coefficient (Wildman–Crippen LogP) is -1.65. The molecule has 2 atom stereocenters. The van der Waals surface area contributed by atoms with Gasteiger partial charge in [0.2, 0.25) is 0 Å². The molecule has 202 valence electrons. The maximum Gasteiger partial charge on any atom is 1.00 e. The molecule has 10 nitrogen and oxygen atoms in total. The summed E-state index contributed by atoms with van der Waals surface area (Å²) < 4.78 is 25.3. The quantitative estimate of drug-likeness (QED) is 0.266. The average molecular weight is 523 g/mol. The minimum absolute atomic E-state index is 0. The van der Waals surface area contributed by atoms with E-state index in [9.17, 15) is 14.7 Å². The van der Waals surface area contributed by atoms with E-state index in [1.54, 1.807) is 20.3 Å². The number of methoxy groups -OCH3 is 5. The monoisotopic (exact) mass is 522 g/mol. The summed E-state index contributed by atoms with van der Waals surface area (Å²) in [6.45, 7) is 3.39. The van der Waals surface area contributed by atoms with Crippen molar-refractivity contribution in [1.82, 2.24) is 0 Å². The Hall–Kier alpha value is -2.58. The van der Waals surface area contributed by atoms with Crippen LogP contribution in [0.4, 0.5) is 11.4 Å². The van der Waals surface area contributed by atoms with Crippen molar-refractivity contribution in [2.75, 3.05) is 71.5 Å². The first-order valence-electron chi connectivity index (χ1n) is 11.9. The molecule has 0 saturated carbocycles. The Morgan fingerprint density at radius 3 is 1.53 bits per heavy atom. The molecular formula is C27H35LiN2O8. The first-order chi connectivity index (χ1) is 17.8. The second kappa shape index (κ2) is 15.1. The molecule has 0 aromatic heterocycles. The molecule has 0 amide bonds. The van der Waals surface area contributed by atoms with E-state index in [1.807, 2.05) is 42.5 Å². The van der Waals surface area contributed by atoms with Crippen LogP contribution in [0, 0.1) is 0 Å². The second-order valence-electron chi connectivity index (χ2n) is 8.79. The number of anilines is 2. The summed E-state index contributed by atoms with van der Waals surface area (Å²) in [6.07, 6.45) is -1.15. The summed E-state index contributed by atoms with van der Waals surface area (Å²) in [4.78, 5) is 26.9. The van der Waals surface area contributed by atoms with Gasteiger partial charge >= 0.3 is 24.8 Å². The standard InChI is InChI=1S/C14H19NO4.C13H17NO4.Li/c1-17-12-8-15(9-12)11-6-4-5-10(7-11)13(18-2)14(16)19-3;1-17-11-7-14(8-11)10-5-3-4-9(6-10)12(18-2)13(15)16;/h4-7,12-13H,8-9H2,1-3H3;3-6,11-12H,7-8H2,1-2H3,(H,15,16);/q;;+1/p-1. The van der Waals surface area contributed by atoms with Crippen molar-refractivity contribution in [3.63, 3.8) is 0 Å². The van der Waals surface area contributed by atoms with E-state index in [0.29, 0.717) is 11.7 Å². The van der Waals surface area contributed by atoms with Crippen LogP contribution >= 0.6 is 0 Å². The fraction of sp³-hybridized carbons (Fsp3) is 0.481. The summed E-state index contributed by atoms with van der Waals surface area (Å²) in [7, 11) is 7.62. The SMILES string of the molecule is COC(=O)C(OC)c1cccc(N2CC(OC)C2)c1.COC1CN(c2cccc(C(OC)C(=O)[O-])c2)C1.[Li+]. The number of hydrogen-bond acceptors (Lipinski definition) is 10. The minimum Gasteiger partial charge on any atom is -0.547 e. The number of benzene rings is 2. The van der Waals surface area contributed by atoms with Crippen LogP contribution in [0.1, 0.15) is 23.3 Å². The number of nitrogens with zero attached hydrogens (tertiary/aromatic N) is 2. The number of carboxylic acids is 1. The van der Waals surface area contributed by atoms with Crippen molar-refractivity contribution in [2.24, 2.45) is 0 Å². The van der Waals surface area contributed by atoms with Crippen LogP contribution in [0.15, 0.2) is 48.5 Å². The summed E-state index contributed by atoms with van der Waals surface area (Å²) >= 11 is 0. The van der Waals surface area contributed by atoms with Crippen LogP contribution in [-0.2, 0) is 33.3 Å². The molecule has 0 N–H and O–H groups in total. The number of carboxylic acid groups (broad SMARTS) is 1. The zero-order valence-electron chi connectivity index (χ0n) is 22.9. The molecule has 2 fully saturated rings. The molecule has 2 aromatic carbocycles. The van der Waals surface area contributed by atoms with Crippen LogP contribution in [0.2, 0.25) is 0 Å². The van der Waals surface area contributed by atoms with Crippen LogP contribution in [0.5, 0.6) is 0 Å². The first kappa shape index (κ1) is 31.6. The van der Waals surface area contributed by atoms with Gasteiger partial charge in [0.1, 0.15) is 6.10 Å². The van der Waals surface area contributed by atoms with E-state index < -0.39 is 24.1 Å². The topological polar surface area (TPSA) is 110 Å². The van der Waals surface area contributed by atoms with Gasteiger partial charge in [0.15, 0.2) is 6.10 Å². The fourth-order valence-electron chi connectivity index (χ4n) is 4.21. The molecular weight excluding hydrogens is 487 g/mol. The Balaban J connectivity index is 0.000000260. The van der Waals surface area contributed by atoms with Gasteiger partial charge in [-0.05, 0) is 35.4 Å². The van der Waals surface area contributed by atoms with Gasteiger partial charge in [-0.3, -0.25) is 0 Å². The van der Waals surface area contributed by atoms with Gasteiger partial charge in [-0.1, -0.05) is 24.3 Å². The first-order valence-corrected chi connectivity index (χ1v) is 11.9. The largest absolute Gasteiger partial charge is 1.00 e. The molecule has 2 heterocycles. The molecule has 11 heteroatoms. The fourth-order valence-corrected chi connectivity index (χ4v) is 4.21. The Bertz CT molecular complexity index is 1040. The van der Waals surface area contributed by atoms with E-state index in [2.05, 4.69) is 9.80 Å². The molecule has 0 aliphatic carbocycles. The van der Waals surface area contributed by atoms with E-state index in [1.165, 1.54) is 21.3 Å². The molecule has 0 bridgehead atoms. The van der Waals surface area contributed by atoms with Gasteiger partial charge in [0, 0.05) is 66.0 Å². The number of hydrogen-bond donors (Lipinski definition) is 0. The minimum atomic E-state index is -1.23. The summed E-state index contributed by atoms with van der Waals surface area (Å²) in [6, 6.07) is 15.0.